The second-order valence-corrected chi connectivity index (χ2v) is 8.66. The van der Waals surface area contributed by atoms with Crippen LogP contribution in [0.3, 0.4) is 0 Å². The first kappa shape index (κ1) is 15.6. The van der Waals surface area contributed by atoms with Crippen LogP contribution < -0.4 is 4.72 Å². The third-order valence-electron chi connectivity index (χ3n) is 5.15. The molecule has 2 aliphatic rings. The Morgan fingerprint density at radius 2 is 1.81 bits per heavy atom. The number of nitrogens with one attached hydrogen (secondary N) is 1. The van der Waals surface area contributed by atoms with Crippen molar-refractivity contribution >= 4 is 16.0 Å². The molecule has 26 heavy (non-hydrogen) atoms. The minimum atomic E-state index is -3.71. The van der Waals surface area contributed by atoms with Crippen molar-refractivity contribution in [3.05, 3.63) is 59.4 Å². The van der Waals surface area contributed by atoms with E-state index in [1.807, 2.05) is 18.2 Å². The van der Waals surface area contributed by atoms with Crippen LogP contribution in [0, 0.1) is 0 Å². The van der Waals surface area contributed by atoms with Gasteiger partial charge in [0.25, 0.3) is 10.0 Å². The summed E-state index contributed by atoms with van der Waals surface area (Å²) in [7, 11) is -1.91. The SMILES string of the molecule is Cn1c(NS(=O)(=O)c2ccc3c(c2)Cc2ccccc2-3)nnc1C1CC1. The Bertz CT molecular complexity index is 1130. The Hall–Kier alpha value is -2.67. The lowest BCUT2D eigenvalue weighted by molar-refractivity contribution is 0.600. The van der Waals surface area contributed by atoms with Crippen molar-refractivity contribution in [2.45, 2.75) is 30.1 Å². The van der Waals surface area contributed by atoms with Gasteiger partial charge < -0.3 is 0 Å². The van der Waals surface area contributed by atoms with Crippen LogP contribution in [-0.2, 0) is 23.5 Å². The molecule has 1 saturated carbocycles. The van der Waals surface area contributed by atoms with Crippen molar-refractivity contribution in [3.8, 4) is 11.1 Å². The Morgan fingerprint density at radius 1 is 1.04 bits per heavy atom. The van der Waals surface area contributed by atoms with E-state index < -0.39 is 10.0 Å². The average Bonchev–Trinajstić information content (AvgIpc) is 3.31. The van der Waals surface area contributed by atoms with Gasteiger partial charge >= 0.3 is 0 Å². The third-order valence-corrected chi connectivity index (χ3v) is 6.48. The molecule has 3 aromatic rings. The average molecular weight is 366 g/mol. The summed E-state index contributed by atoms with van der Waals surface area (Å²) < 4.78 is 30.0. The quantitative estimate of drug-likeness (QED) is 0.602. The van der Waals surface area contributed by atoms with Gasteiger partial charge in [-0.05, 0) is 53.6 Å². The van der Waals surface area contributed by atoms with Crippen molar-refractivity contribution in [2.24, 2.45) is 7.05 Å². The molecule has 2 aliphatic carbocycles. The fourth-order valence-electron chi connectivity index (χ4n) is 3.59. The Labute approximate surface area is 151 Å². The minimum absolute atomic E-state index is 0.250. The zero-order valence-electron chi connectivity index (χ0n) is 14.3. The summed E-state index contributed by atoms with van der Waals surface area (Å²) in [5.74, 6) is 1.51. The molecule has 0 amide bonds. The second-order valence-electron chi connectivity index (χ2n) is 6.97. The van der Waals surface area contributed by atoms with Crippen LogP contribution in [0.25, 0.3) is 11.1 Å². The summed E-state index contributed by atoms with van der Waals surface area (Å²) in [4.78, 5) is 0.250. The van der Waals surface area contributed by atoms with E-state index in [-0.39, 0.29) is 10.8 Å². The predicted octanol–water partition coefficient (Wildman–Crippen LogP) is 3.06. The molecule has 2 aromatic carbocycles. The van der Waals surface area contributed by atoms with Crippen LogP contribution in [0.4, 0.5) is 5.95 Å². The highest BCUT2D eigenvalue weighted by Crippen LogP contribution is 2.40. The Morgan fingerprint density at radius 3 is 2.62 bits per heavy atom. The van der Waals surface area contributed by atoms with E-state index >= 15 is 0 Å². The molecule has 7 heteroatoms. The van der Waals surface area contributed by atoms with Crippen LogP contribution in [0.5, 0.6) is 0 Å². The molecule has 0 spiro atoms. The molecule has 1 fully saturated rings. The van der Waals surface area contributed by atoms with Gasteiger partial charge in [0.05, 0.1) is 4.90 Å². The monoisotopic (exact) mass is 366 g/mol. The highest BCUT2D eigenvalue weighted by molar-refractivity contribution is 7.92. The standard InChI is InChI=1S/C19H18N4O2S/c1-23-18(12-6-7-12)20-21-19(23)22-26(24,25)15-8-9-17-14(11-15)10-13-4-2-3-5-16(13)17/h2-5,8-9,11-12H,6-7,10H2,1H3,(H,21,22). The maximum atomic E-state index is 12.8. The van der Waals surface area contributed by atoms with Gasteiger partial charge in [0.2, 0.25) is 5.95 Å². The van der Waals surface area contributed by atoms with E-state index in [1.165, 1.54) is 11.1 Å². The van der Waals surface area contributed by atoms with E-state index in [0.717, 1.165) is 36.2 Å². The van der Waals surface area contributed by atoms with E-state index in [4.69, 9.17) is 0 Å². The first-order valence-electron chi connectivity index (χ1n) is 8.66. The van der Waals surface area contributed by atoms with Crippen molar-refractivity contribution < 1.29 is 8.42 Å². The first-order valence-corrected chi connectivity index (χ1v) is 10.1. The molecule has 0 aliphatic heterocycles. The van der Waals surface area contributed by atoms with Gasteiger partial charge in [0.15, 0.2) is 0 Å². The molecule has 0 saturated heterocycles. The first-order chi connectivity index (χ1) is 12.5. The van der Waals surface area contributed by atoms with Gasteiger partial charge in [-0.2, -0.15) is 0 Å². The van der Waals surface area contributed by atoms with Gasteiger partial charge in [-0.15, -0.1) is 10.2 Å². The summed E-state index contributed by atoms with van der Waals surface area (Å²) >= 11 is 0. The topological polar surface area (TPSA) is 76.9 Å². The summed E-state index contributed by atoms with van der Waals surface area (Å²) in [5, 5.41) is 8.14. The maximum absolute atomic E-state index is 12.8. The smallest absolute Gasteiger partial charge is 0.264 e. The van der Waals surface area contributed by atoms with E-state index in [0.29, 0.717) is 5.92 Å². The number of aromatic nitrogens is 3. The van der Waals surface area contributed by atoms with Gasteiger partial charge in [-0.3, -0.25) is 4.57 Å². The number of fused-ring (bicyclic) bond motifs is 3. The number of hydrogen-bond acceptors (Lipinski definition) is 4. The van der Waals surface area contributed by atoms with Crippen LogP contribution in [0.15, 0.2) is 47.4 Å². The zero-order valence-corrected chi connectivity index (χ0v) is 15.1. The molecular weight excluding hydrogens is 348 g/mol. The highest BCUT2D eigenvalue weighted by atomic mass is 32.2. The minimum Gasteiger partial charge on any atom is -0.300 e. The molecule has 0 unspecified atom stereocenters. The molecular formula is C19H18N4O2S. The number of nitrogens with zero attached hydrogens (tertiary/aromatic N) is 3. The Balaban J connectivity index is 1.47. The number of benzene rings is 2. The zero-order chi connectivity index (χ0) is 17.9. The molecule has 6 nitrogen and oxygen atoms in total. The molecule has 0 bridgehead atoms. The third kappa shape index (κ3) is 2.42. The summed E-state index contributed by atoms with van der Waals surface area (Å²) in [6.07, 6.45) is 2.93. The van der Waals surface area contributed by atoms with Crippen molar-refractivity contribution in [2.75, 3.05) is 4.72 Å². The number of sulfonamides is 1. The van der Waals surface area contributed by atoms with E-state index in [2.05, 4.69) is 27.1 Å². The number of hydrogen-bond donors (Lipinski definition) is 1. The lowest BCUT2D eigenvalue weighted by Crippen LogP contribution is -2.16. The molecule has 1 heterocycles. The highest BCUT2D eigenvalue weighted by Gasteiger charge is 2.30. The summed E-state index contributed by atoms with van der Waals surface area (Å²) in [5.41, 5.74) is 4.55. The fraction of sp³-hybridized carbons (Fsp3) is 0.263. The lowest BCUT2D eigenvalue weighted by Gasteiger charge is -2.09. The summed E-state index contributed by atoms with van der Waals surface area (Å²) in [6.45, 7) is 0. The lowest BCUT2D eigenvalue weighted by atomic mass is 10.1. The van der Waals surface area contributed by atoms with Gasteiger partial charge in [0.1, 0.15) is 5.82 Å². The fourth-order valence-corrected chi connectivity index (χ4v) is 4.68. The second kappa shape index (κ2) is 5.41. The molecule has 0 radical (unpaired) electrons. The van der Waals surface area contributed by atoms with Crippen molar-refractivity contribution in [1.29, 1.82) is 0 Å². The molecule has 1 aromatic heterocycles. The normalized spacial score (nSPS) is 15.6. The predicted molar refractivity (Wildman–Crippen MR) is 98.5 cm³/mol. The molecule has 1 N–H and O–H groups in total. The van der Waals surface area contributed by atoms with Gasteiger partial charge in [0, 0.05) is 13.0 Å². The Kier molecular flexibility index (Phi) is 3.24. The van der Waals surface area contributed by atoms with Crippen LogP contribution in [0.2, 0.25) is 0 Å². The van der Waals surface area contributed by atoms with Gasteiger partial charge in [-0.25, -0.2) is 13.1 Å². The largest absolute Gasteiger partial charge is 0.300 e. The van der Waals surface area contributed by atoms with E-state index in [9.17, 15) is 8.42 Å². The molecule has 132 valence electrons. The molecule has 0 atom stereocenters. The van der Waals surface area contributed by atoms with Crippen LogP contribution in [0.1, 0.15) is 35.7 Å². The maximum Gasteiger partial charge on any atom is 0.264 e. The van der Waals surface area contributed by atoms with E-state index in [1.54, 1.807) is 23.7 Å². The van der Waals surface area contributed by atoms with Crippen molar-refractivity contribution in [3.63, 3.8) is 0 Å². The van der Waals surface area contributed by atoms with Gasteiger partial charge in [-0.1, -0.05) is 30.3 Å². The summed E-state index contributed by atoms with van der Waals surface area (Å²) in [6, 6.07) is 13.5. The number of rotatable bonds is 4. The molecule has 5 rings (SSSR count). The van der Waals surface area contributed by atoms with Crippen LogP contribution in [-0.4, -0.2) is 23.2 Å². The number of anilines is 1. The van der Waals surface area contributed by atoms with Crippen molar-refractivity contribution in [1.82, 2.24) is 14.8 Å². The van der Waals surface area contributed by atoms with Crippen LogP contribution >= 0.6 is 0 Å².